The van der Waals surface area contributed by atoms with Gasteiger partial charge in [-0.1, -0.05) is 12.1 Å². The Bertz CT molecular complexity index is 714. The van der Waals surface area contributed by atoms with Crippen molar-refractivity contribution in [3.8, 4) is 0 Å². The van der Waals surface area contributed by atoms with Gasteiger partial charge in [0.25, 0.3) is 0 Å². The Morgan fingerprint density at radius 1 is 1.23 bits per heavy atom. The maximum atomic E-state index is 13.4. The summed E-state index contributed by atoms with van der Waals surface area (Å²) in [4.78, 5) is 12.0. The average Bonchev–Trinajstić information content (AvgIpc) is 2.81. The quantitative estimate of drug-likeness (QED) is 0.910. The average molecular weight is 301 g/mol. The number of nitrogens with two attached hydrogens (primary N) is 1. The Labute approximate surface area is 129 Å². The molecule has 0 saturated carbocycles. The molecule has 1 unspecified atom stereocenters. The van der Waals surface area contributed by atoms with Crippen molar-refractivity contribution in [3.05, 3.63) is 40.2 Å². The molecule has 0 bridgehead atoms. The molecule has 6 heteroatoms. The van der Waals surface area contributed by atoms with Crippen LogP contribution in [0.1, 0.15) is 53.6 Å². The molecule has 2 aromatic rings. The van der Waals surface area contributed by atoms with Crippen LogP contribution >= 0.6 is 0 Å². The molecule has 1 aliphatic rings. The van der Waals surface area contributed by atoms with Gasteiger partial charge in [-0.2, -0.15) is 15.0 Å². The molecule has 1 heterocycles. The Kier molecular flexibility index (Phi) is 3.68. The minimum atomic E-state index is -1.27. The van der Waals surface area contributed by atoms with Crippen LogP contribution in [0, 0.1) is 13.8 Å². The third-order valence-electron chi connectivity index (χ3n) is 4.16. The molecule has 116 valence electrons. The number of hydrogen-bond donors (Lipinski definition) is 2. The second kappa shape index (κ2) is 5.51. The number of rotatable bonds is 3. The fraction of sp³-hybridized carbons (Fsp3) is 0.438. The Morgan fingerprint density at radius 3 is 2.68 bits per heavy atom. The van der Waals surface area contributed by atoms with E-state index in [4.69, 9.17) is 5.73 Å². The van der Waals surface area contributed by atoms with Crippen LogP contribution in [0.4, 0.5) is 16.3 Å². The summed E-state index contributed by atoms with van der Waals surface area (Å²) in [5.74, 6) is 0.437. The summed E-state index contributed by atoms with van der Waals surface area (Å²) < 4.78 is 13.4. The number of fused-ring (bicyclic) bond motifs is 1. The number of nitrogen functional groups attached to an aromatic ring is 1. The predicted octanol–water partition coefficient (Wildman–Crippen LogP) is 3.20. The molecule has 1 aromatic carbocycles. The highest BCUT2D eigenvalue weighted by molar-refractivity contribution is 5.46. The molecule has 3 N–H and O–H groups in total. The highest BCUT2D eigenvalue weighted by atomic mass is 19.1. The summed E-state index contributed by atoms with van der Waals surface area (Å²) in [6.45, 7) is 5.61. The monoisotopic (exact) mass is 301 g/mol. The maximum Gasteiger partial charge on any atom is 0.228 e. The van der Waals surface area contributed by atoms with Crippen molar-refractivity contribution in [3.63, 3.8) is 0 Å². The minimum absolute atomic E-state index is 0.0373. The topological polar surface area (TPSA) is 76.7 Å². The Morgan fingerprint density at radius 2 is 1.95 bits per heavy atom. The van der Waals surface area contributed by atoms with E-state index in [1.165, 1.54) is 29.2 Å². The predicted molar refractivity (Wildman–Crippen MR) is 84.4 cm³/mol. The summed E-state index contributed by atoms with van der Waals surface area (Å²) in [5, 5.41) is 3.27. The number of benzene rings is 1. The van der Waals surface area contributed by atoms with Gasteiger partial charge in [0.1, 0.15) is 0 Å². The van der Waals surface area contributed by atoms with Gasteiger partial charge in [-0.05, 0) is 55.9 Å². The standard InChI is InChI=1S/C16H20FN5/c1-8-6-11-4-5-13(12(11)7-9(8)2)19-16-21-14(10(3)17)20-15(18)22-16/h6-7,10,13H,4-5H2,1-3H3,(H3,18,19,20,21,22)/t10-,13?/m0/s1. The third-order valence-corrected chi connectivity index (χ3v) is 4.16. The molecular formula is C16H20FN5. The van der Waals surface area contributed by atoms with Crippen LogP contribution in [0.3, 0.4) is 0 Å². The number of aryl methyl sites for hydroxylation is 3. The normalized spacial score (nSPS) is 18.1. The van der Waals surface area contributed by atoms with Crippen molar-refractivity contribution in [2.75, 3.05) is 11.1 Å². The maximum absolute atomic E-state index is 13.4. The van der Waals surface area contributed by atoms with Gasteiger partial charge < -0.3 is 11.1 Å². The van der Waals surface area contributed by atoms with E-state index in [0.29, 0.717) is 5.95 Å². The molecule has 2 atom stereocenters. The summed E-state index contributed by atoms with van der Waals surface area (Å²) in [6, 6.07) is 4.57. The summed E-state index contributed by atoms with van der Waals surface area (Å²) in [5.41, 5.74) is 10.8. The van der Waals surface area contributed by atoms with Crippen molar-refractivity contribution in [1.29, 1.82) is 0 Å². The number of nitrogens with zero attached hydrogens (tertiary/aromatic N) is 3. The van der Waals surface area contributed by atoms with Crippen LogP contribution in [0.25, 0.3) is 0 Å². The first kappa shape index (κ1) is 14.7. The highest BCUT2D eigenvalue weighted by Crippen LogP contribution is 2.35. The van der Waals surface area contributed by atoms with Gasteiger partial charge in [0.15, 0.2) is 12.0 Å². The molecule has 0 aliphatic heterocycles. The number of nitrogens with one attached hydrogen (secondary N) is 1. The molecular weight excluding hydrogens is 281 g/mol. The van der Waals surface area contributed by atoms with E-state index >= 15 is 0 Å². The third kappa shape index (κ3) is 2.73. The largest absolute Gasteiger partial charge is 0.368 e. The van der Waals surface area contributed by atoms with Crippen molar-refractivity contribution < 1.29 is 4.39 Å². The van der Waals surface area contributed by atoms with Crippen LogP contribution in [0.2, 0.25) is 0 Å². The zero-order valence-corrected chi connectivity index (χ0v) is 13.0. The molecule has 1 aromatic heterocycles. The summed E-state index contributed by atoms with van der Waals surface area (Å²) in [7, 11) is 0. The smallest absolute Gasteiger partial charge is 0.228 e. The Hall–Kier alpha value is -2.24. The van der Waals surface area contributed by atoms with Crippen LogP contribution in [-0.4, -0.2) is 15.0 Å². The van der Waals surface area contributed by atoms with Gasteiger partial charge in [-0.25, -0.2) is 4.39 Å². The van der Waals surface area contributed by atoms with E-state index in [0.717, 1.165) is 12.8 Å². The fourth-order valence-electron chi connectivity index (χ4n) is 2.85. The number of hydrogen-bond acceptors (Lipinski definition) is 5. The molecule has 0 saturated heterocycles. The van der Waals surface area contributed by atoms with E-state index < -0.39 is 6.17 Å². The fourth-order valence-corrected chi connectivity index (χ4v) is 2.85. The molecule has 0 amide bonds. The zero-order chi connectivity index (χ0) is 15.9. The SMILES string of the molecule is Cc1cc2c(cc1C)C(Nc1nc(N)nc([C@H](C)F)n1)CC2. The lowest BCUT2D eigenvalue weighted by Crippen LogP contribution is -2.14. The lowest BCUT2D eigenvalue weighted by molar-refractivity contribution is 0.356. The molecule has 3 rings (SSSR count). The number of anilines is 2. The molecule has 1 aliphatic carbocycles. The van der Waals surface area contributed by atoms with Gasteiger partial charge in [-0.3, -0.25) is 0 Å². The molecule has 0 fully saturated rings. The van der Waals surface area contributed by atoms with Gasteiger partial charge >= 0.3 is 0 Å². The molecule has 0 spiro atoms. The molecule has 22 heavy (non-hydrogen) atoms. The van der Waals surface area contributed by atoms with Gasteiger partial charge in [-0.15, -0.1) is 0 Å². The second-order valence-electron chi connectivity index (χ2n) is 5.86. The number of alkyl halides is 1. The van der Waals surface area contributed by atoms with Crippen LogP contribution in [0.5, 0.6) is 0 Å². The van der Waals surface area contributed by atoms with Gasteiger partial charge in [0.05, 0.1) is 6.04 Å². The van der Waals surface area contributed by atoms with Crippen molar-refractivity contribution in [1.82, 2.24) is 15.0 Å². The second-order valence-corrected chi connectivity index (χ2v) is 5.86. The first-order chi connectivity index (χ1) is 10.4. The van der Waals surface area contributed by atoms with Crippen LogP contribution in [-0.2, 0) is 6.42 Å². The van der Waals surface area contributed by atoms with Crippen LogP contribution in [0.15, 0.2) is 12.1 Å². The van der Waals surface area contributed by atoms with E-state index in [2.05, 4.69) is 46.2 Å². The first-order valence-electron chi connectivity index (χ1n) is 7.46. The minimum Gasteiger partial charge on any atom is -0.368 e. The van der Waals surface area contributed by atoms with Crippen molar-refractivity contribution in [2.24, 2.45) is 0 Å². The van der Waals surface area contributed by atoms with E-state index in [1.54, 1.807) is 0 Å². The summed E-state index contributed by atoms with van der Waals surface area (Å²) in [6.07, 6.45) is 0.706. The Balaban J connectivity index is 1.89. The first-order valence-corrected chi connectivity index (χ1v) is 7.46. The lowest BCUT2D eigenvalue weighted by Gasteiger charge is -2.16. The van der Waals surface area contributed by atoms with Crippen molar-refractivity contribution in [2.45, 2.75) is 45.8 Å². The highest BCUT2D eigenvalue weighted by Gasteiger charge is 2.24. The number of halogens is 1. The van der Waals surface area contributed by atoms with Gasteiger partial charge in [0, 0.05) is 0 Å². The molecule has 5 nitrogen and oxygen atoms in total. The van der Waals surface area contributed by atoms with Crippen molar-refractivity contribution >= 4 is 11.9 Å². The van der Waals surface area contributed by atoms with E-state index in [-0.39, 0.29) is 17.8 Å². The van der Waals surface area contributed by atoms with Crippen LogP contribution < -0.4 is 11.1 Å². The van der Waals surface area contributed by atoms with E-state index in [1.807, 2.05) is 0 Å². The van der Waals surface area contributed by atoms with Gasteiger partial charge in [0.2, 0.25) is 11.9 Å². The zero-order valence-electron chi connectivity index (χ0n) is 13.0. The molecule has 0 radical (unpaired) electrons. The summed E-state index contributed by atoms with van der Waals surface area (Å²) >= 11 is 0. The lowest BCUT2D eigenvalue weighted by atomic mass is 10.0. The van der Waals surface area contributed by atoms with E-state index in [9.17, 15) is 4.39 Å². The number of aromatic nitrogens is 3.